The van der Waals surface area contributed by atoms with Gasteiger partial charge in [0.05, 0.1) is 4.75 Å². The number of nitrogens with zero attached hydrogens (tertiary/aromatic N) is 1. The molecule has 0 saturated carbocycles. The molecule has 0 aliphatic heterocycles. The predicted octanol–water partition coefficient (Wildman–Crippen LogP) is 4.66. The molecule has 0 amide bonds. The summed E-state index contributed by atoms with van der Waals surface area (Å²) in [4.78, 5) is 0. The van der Waals surface area contributed by atoms with Crippen LogP contribution < -0.4 is 0 Å². The molecule has 2 nitrogen and oxygen atoms in total. The van der Waals surface area contributed by atoms with E-state index >= 15 is 0 Å². The number of unbranched alkanes of at least 4 members (excludes halogenated alkanes) is 7. The Labute approximate surface area is 110 Å². The van der Waals surface area contributed by atoms with E-state index in [4.69, 9.17) is 0 Å². The van der Waals surface area contributed by atoms with Crippen LogP contribution >= 0.6 is 0 Å². The van der Waals surface area contributed by atoms with Crippen molar-refractivity contribution in [2.75, 3.05) is 0 Å². The SMILES string of the molecule is CCCCCCCCC/C=N/[S@@](=O)C(C)(C)C. The third-order valence-electron chi connectivity index (χ3n) is 2.63. The Kier molecular flexibility index (Phi) is 9.71. The molecule has 0 saturated heterocycles. The van der Waals surface area contributed by atoms with Crippen LogP contribution in [0.25, 0.3) is 0 Å². The molecule has 3 heteroatoms. The van der Waals surface area contributed by atoms with Crippen molar-refractivity contribution < 1.29 is 4.21 Å². The van der Waals surface area contributed by atoms with Gasteiger partial charge < -0.3 is 0 Å². The highest BCUT2D eigenvalue weighted by Crippen LogP contribution is 2.12. The minimum absolute atomic E-state index is 0.226. The van der Waals surface area contributed by atoms with E-state index in [-0.39, 0.29) is 4.75 Å². The Balaban J connectivity index is 3.40. The second-order valence-corrected chi connectivity index (χ2v) is 7.49. The Morgan fingerprint density at radius 1 is 1.00 bits per heavy atom. The standard InChI is InChI=1S/C14H29NOS/c1-5-6-7-8-9-10-11-12-13-15-17(16)14(2,3)4/h13H,5-12H2,1-4H3/b15-13+/t17-/m0/s1. The van der Waals surface area contributed by atoms with E-state index in [0.717, 1.165) is 6.42 Å². The lowest BCUT2D eigenvalue weighted by Crippen LogP contribution is -2.19. The first-order valence-electron chi connectivity index (χ1n) is 6.93. The maximum Gasteiger partial charge on any atom is 0.144 e. The fraction of sp³-hybridized carbons (Fsp3) is 0.929. The molecular weight excluding hydrogens is 230 g/mol. The van der Waals surface area contributed by atoms with Gasteiger partial charge in [-0.25, -0.2) is 4.21 Å². The summed E-state index contributed by atoms with van der Waals surface area (Å²) in [7, 11) is -1.08. The monoisotopic (exact) mass is 259 g/mol. The van der Waals surface area contributed by atoms with E-state index in [1.54, 1.807) is 0 Å². The summed E-state index contributed by atoms with van der Waals surface area (Å²) in [6, 6.07) is 0. The zero-order valence-electron chi connectivity index (χ0n) is 12.0. The number of hydrogen-bond acceptors (Lipinski definition) is 1. The van der Waals surface area contributed by atoms with E-state index in [1.165, 1.54) is 44.9 Å². The molecule has 0 aromatic carbocycles. The van der Waals surface area contributed by atoms with E-state index in [2.05, 4.69) is 11.3 Å². The molecule has 17 heavy (non-hydrogen) atoms. The molecule has 0 aromatic heterocycles. The van der Waals surface area contributed by atoms with Crippen molar-refractivity contribution in [2.24, 2.45) is 4.40 Å². The van der Waals surface area contributed by atoms with Gasteiger partial charge in [0.2, 0.25) is 0 Å². The Morgan fingerprint density at radius 3 is 2.06 bits per heavy atom. The fourth-order valence-electron chi connectivity index (χ4n) is 1.47. The van der Waals surface area contributed by atoms with Gasteiger partial charge in [-0.1, -0.05) is 45.4 Å². The van der Waals surface area contributed by atoms with E-state index in [1.807, 2.05) is 27.0 Å². The lowest BCUT2D eigenvalue weighted by atomic mass is 10.1. The predicted molar refractivity (Wildman–Crippen MR) is 79.0 cm³/mol. The van der Waals surface area contributed by atoms with Gasteiger partial charge in [0.1, 0.15) is 11.0 Å². The van der Waals surface area contributed by atoms with E-state index in [0.29, 0.717) is 0 Å². The maximum atomic E-state index is 11.6. The van der Waals surface area contributed by atoms with Crippen molar-refractivity contribution >= 4 is 17.2 Å². The van der Waals surface area contributed by atoms with Crippen molar-refractivity contribution in [3.8, 4) is 0 Å². The molecular formula is C14H29NOS. The molecule has 0 N–H and O–H groups in total. The molecule has 0 radical (unpaired) electrons. The zero-order chi connectivity index (χ0) is 13.1. The number of hydrogen-bond donors (Lipinski definition) is 0. The van der Waals surface area contributed by atoms with Crippen LogP contribution in [0.4, 0.5) is 0 Å². The highest BCUT2D eigenvalue weighted by molar-refractivity contribution is 7.85. The van der Waals surface area contributed by atoms with Crippen LogP contribution in [0.15, 0.2) is 4.40 Å². The van der Waals surface area contributed by atoms with E-state index in [9.17, 15) is 4.21 Å². The first-order chi connectivity index (χ1) is 7.98. The van der Waals surface area contributed by atoms with Crippen LogP contribution in [0, 0.1) is 0 Å². The lowest BCUT2D eigenvalue weighted by molar-refractivity contribution is 0.596. The lowest BCUT2D eigenvalue weighted by Gasteiger charge is -2.12. The highest BCUT2D eigenvalue weighted by Gasteiger charge is 2.17. The fourth-order valence-corrected chi connectivity index (χ4v) is 2.03. The molecule has 0 heterocycles. The van der Waals surface area contributed by atoms with Crippen molar-refractivity contribution in [3.05, 3.63) is 0 Å². The average Bonchev–Trinajstić information content (AvgIpc) is 2.25. The summed E-state index contributed by atoms with van der Waals surface area (Å²) in [5, 5.41) is 0. The maximum absolute atomic E-state index is 11.6. The largest absolute Gasteiger partial charge is 0.234 e. The molecule has 0 spiro atoms. The normalized spacial score (nSPS) is 14.4. The van der Waals surface area contributed by atoms with Crippen LogP contribution in [0.5, 0.6) is 0 Å². The molecule has 102 valence electrons. The highest BCUT2D eigenvalue weighted by atomic mass is 32.2. The van der Waals surface area contributed by atoms with Gasteiger partial charge in [-0.15, -0.1) is 0 Å². The molecule has 0 unspecified atom stereocenters. The molecule has 0 fully saturated rings. The summed E-state index contributed by atoms with van der Waals surface area (Å²) in [6.07, 6.45) is 12.0. The third kappa shape index (κ3) is 10.7. The van der Waals surface area contributed by atoms with Gasteiger partial charge in [0.25, 0.3) is 0 Å². The van der Waals surface area contributed by atoms with Crippen LogP contribution in [0.2, 0.25) is 0 Å². The molecule has 0 aliphatic rings. The van der Waals surface area contributed by atoms with Gasteiger partial charge in [-0.3, -0.25) is 0 Å². The first kappa shape index (κ1) is 16.8. The van der Waals surface area contributed by atoms with Crippen LogP contribution in [0.1, 0.15) is 79.1 Å². The minimum Gasteiger partial charge on any atom is -0.234 e. The van der Waals surface area contributed by atoms with Gasteiger partial charge in [0.15, 0.2) is 0 Å². The Hall–Kier alpha value is -0.180. The minimum atomic E-state index is -1.08. The smallest absolute Gasteiger partial charge is 0.144 e. The second kappa shape index (κ2) is 9.81. The van der Waals surface area contributed by atoms with E-state index < -0.39 is 11.0 Å². The summed E-state index contributed by atoms with van der Waals surface area (Å²) in [5.74, 6) is 0. The molecule has 1 atom stereocenters. The van der Waals surface area contributed by atoms with Gasteiger partial charge in [0, 0.05) is 6.21 Å². The van der Waals surface area contributed by atoms with Crippen LogP contribution in [0.3, 0.4) is 0 Å². The number of rotatable bonds is 9. The van der Waals surface area contributed by atoms with Gasteiger partial charge in [-0.2, -0.15) is 4.40 Å². The third-order valence-corrected chi connectivity index (χ3v) is 4.02. The molecule has 0 aliphatic carbocycles. The first-order valence-corrected chi connectivity index (χ1v) is 8.03. The van der Waals surface area contributed by atoms with Crippen LogP contribution in [-0.4, -0.2) is 15.2 Å². The molecule has 0 bridgehead atoms. The summed E-state index contributed by atoms with van der Waals surface area (Å²) in [5.41, 5.74) is 0. The van der Waals surface area contributed by atoms with Crippen molar-refractivity contribution in [2.45, 2.75) is 83.8 Å². The van der Waals surface area contributed by atoms with Crippen molar-refractivity contribution in [1.29, 1.82) is 0 Å². The Morgan fingerprint density at radius 2 is 1.53 bits per heavy atom. The summed E-state index contributed by atoms with van der Waals surface area (Å²) >= 11 is 0. The van der Waals surface area contributed by atoms with Gasteiger partial charge >= 0.3 is 0 Å². The summed E-state index contributed by atoms with van der Waals surface area (Å²) in [6.45, 7) is 8.10. The second-order valence-electron chi connectivity index (χ2n) is 5.56. The van der Waals surface area contributed by atoms with Crippen molar-refractivity contribution in [1.82, 2.24) is 0 Å². The zero-order valence-corrected chi connectivity index (χ0v) is 12.8. The molecule has 0 rings (SSSR count). The average molecular weight is 259 g/mol. The van der Waals surface area contributed by atoms with Gasteiger partial charge in [-0.05, 0) is 33.6 Å². The van der Waals surface area contributed by atoms with Crippen molar-refractivity contribution in [3.63, 3.8) is 0 Å². The Bertz CT molecular complexity index is 231. The molecule has 0 aromatic rings. The summed E-state index contributed by atoms with van der Waals surface area (Å²) < 4.78 is 15.4. The van der Waals surface area contributed by atoms with Crippen LogP contribution in [-0.2, 0) is 11.0 Å². The quantitative estimate of drug-likeness (QED) is 0.437. The topological polar surface area (TPSA) is 29.4 Å².